The number of carbonyl (C=O) groups excluding carboxylic acids is 2. The minimum Gasteiger partial charge on any atom is -0.326 e. The second-order valence-electron chi connectivity index (χ2n) is 5.03. The summed E-state index contributed by atoms with van der Waals surface area (Å²) in [6, 6.07) is 13.1. The second-order valence-corrected chi connectivity index (χ2v) is 5.03. The summed E-state index contributed by atoms with van der Waals surface area (Å²) in [6.07, 6.45) is 1.13. The van der Waals surface area contributed by atoms with E-state index in [1.165, 1.54) is 23.8 Å². The van der Waals surface area contributed by atoms with Crippen LogP contribution in [0.5, 0.6) is 0 Å². The van der Waals surface area contributed by atoms with Gasteiger partial charge in [0.2, 0.25) is 5.91 Å². The van der Waals surface area contributed by atoms with Gasteiger partial charge < -0.3 is 5.32 Å². The molecule has 1 N–H and O–H groups in total. The number of amides is 1. The number of carbonyl (C=O) groups is 2. The minimum absolute atomic E-state index is 0.0722. The first-order valence-electron chi connectivity index (χ1n) is 7.26. The van der Waals surface area contributed by atoms with Gasteiger partial charge in [0.1, 0.15) is 5.82 Å². The molecule has 4 heteroatoms. The van der Waals surface area contributed by atoms with E-state index in [2.05, 4.69) is 5.32 Å². The molecular weight excluding hydrogens is 281 g/mol. The summed E-state index contributed by atoms with van der Waals surface area (Å²) in [6.45, 7) is 2.05. The van der Waals surface area contributed by atoms with Crippen molar-refractivity contribution in [3.05, 3.63) is 65.5 Å². The Morgan fingerprint density at radius 2 is 1.77 bits per heavy atom. The van der Waals surface area contributed by atoms with Gasteiger partial charge in [-0.15, -0.1) is 0 Å². The van der Waals surface area contributed by atoms with Gasteiger partial charge in [-0.1, -0.05) is 37.3 Å². The molecule has 0 atom stereocenters. The molecule has 2 aromatic rings. The quantitative estimate of drug-likeness (QED) is 0.820. The monoisotopic (exact) mass is 299 g/mol. The third kappa shape index (κ3) is 4.52. The lowest BCUT2D eigenvalue weighted by molar-refractivity contribution is -0.116. The fourth-order valence-electron chi connectivity index (χ4n) is 2.09. The van der Waals surface area contributed by atoms with Crippen LogP contribution in [0.2, 0.25) is 0 Å². The largest absolute Gasteiger partial charge is 0.326 e. The highest BCUT2D eigenvalue weighted by Gasteiger charge is 2.10. The van der Waals surface area contributed by atoms with E-state index in [0.29, 0.717) is 11.3 Å². The molecule has 1 amide bonds. The molecule has 0 heterocycles. The lowest BCUT2D eigenvalue weighted by Gasteiger charge is -2.05. The highest BCUT2D eigenvalue weighted by Crippen LogP contribution is 2.12. The number of benzene rings is 2. The smallest absolute Gasteiger partial charge is 0.224 e. The van der Waals surface area contributed by atoms with Crippen molar-refractivity contribution in [3.8, 4) is 0 Å². The van der Waals surface area contributed by atoms with Crippen molar-refractivity contribution in [2.45, 2.75) is 26.2 Å². The van der Waals surface area contributed by atoms with Crippen molar-refractivity contribution in [2.75, 3.05) is 5.32 Å². The first-order valence-corrected chi connectivity index (χ1v) is 7.26. The average molecular weight is 299 g/mol. The Balaban J connectivity index is 1.86. The van der Waals surface area contributed by atoms with Gasteiger partial charge in [-0.05, 0) is 30.2 Å². The summed E-state index contributed by atoms with van der Waals surface area (Å²) in [4.78, 5) is 23.8. The molecule has 0 fully saturated rings. The van der Waals surface area contributed by atoms with Crippen LogP contribution in [0.25, 0.3) is 0 Å². The molecule has 0 saturated carbocycles. The van der Waals surface area contributed by atoms with Crippen LogP contribution >= 0.6 is 0 Å². The van der Waals surface area contributed by atoms with Gasteiger partial charge in [0, 0.05) is 24.1 Å². The molecule has 2 rings (SSSR count). The molecule has 0 bridgehead atoms. The number of aryl methyl sites for hydroxylation is 1. The van der Waals surface area contributed by atoms with Crippen LogP contribution < -0.4 is 5.32 Å². The van der Waals surface area contributed by atoms with Gasteiger partial charge in [0.15, 0.2) is 5.78 Å². The number of ketones is 1. The molecule has 0 saturated heterocycles. The van der Waals surface area contributed by atoms with E-state index in [1.54, 1.807) is 18.2 Å². The number of anilines is 1. The summed E-state index contributed by atoms with van der Waals surface area (Å²) >= 11 is 0. The standard InChI is InChI=1S/C18H18FNO2/c1-2-13-6-8-14(9-7-13)17(21)10-11-18(22)20-16-5-3-4-15(19)12-16/h3-9,12H,2,10-11H2,1H3,(H,20,22). The Morgan fingerprint density at radius 1 is 1.05 bits per heavy atom. The van der Waals surface area contributed by atoms with E-state index in [1.807, 2.05) is 19.1 Å². The predicted molar refractivity (Wildman–Crippen MR) is 84.4 cm³/mol. The van der Waals surface area contributed by atoms with Gasteiger partial charge in [0.05, 0.1) is 0 Å². The average Bonchev–Trinajstić information content (AvgIpc) is 2.52. The number of hydrogen-bond acceptors (Lipinski definition) is 2. The SMILES string of the molecule is CCc1ccc(C(=O)CCC(=O)Nc2cccc(F)c2)cc1. The maximum Gasteiger partial charge on any atom is 0.224 e. The molecule has 0 unspecified atom stereocenters. The number of hydrogen-bond donors (Lipinski definition) is 1. The molecule has 0 radical (unpaired) electrons. The van der Waals surface area contributed by atoms with Crippen molar-refractivity contribution >= 4 is 17.4 Å². The third-order valence-corrected chi connectivity index (χ3v) is 3.37. The van der Waals surface area contributed by atoms with Crippen molar-refractivity contribution in [1.82, 2.24) is 0 Å². The Labute approximate surface area is 129 Å². The Bertz CT molecular complexity index is 665. The maximum atomic E-state index is 13.0. The molecule has 0 aliphatic rings. The van der Waals surface area contributed by atoms with Crippen LogP contribution in [-0.4, -0.2) is 11.7 Å². The van der Waals surface area contributed by atoms with Crippen LogP contribution in [0.4, 0.5) is 10.1 Å². The topological polar surface area (TPSA) is 46.2 Å². The van der Waals surface area contributed by atoms with Gasteiger partial charge in [0.25, 0.3) is 0 Å². The molecule has 114 valence electrons. The van der Waals surface area contributed by atoms with E-state index in [9.17, 15) is 14.0 Å². The number of halogens is 1. The van der Waals surface area contributed by atoms with Crippen LogP contribution in [0.15, 0.2) is 48.5 Å². The molecule has 0 aliphatic heterocycles. The van der Waals surface area contributed by atoms with Crippen molar-refractivity contribution < 1.29 is 14.0 Å². The summed E-state index contributed by atoms with van der Waals surface area (Å²) in [7, 11) is 0. The van der Waals surface area contributed by atoms with Crippen LogP contribution in [0.1, 0.15) is 35.7 Å². The molecule has 0 aromatic heterocycles. The molecule has 0 aliphatic carbocycles. The second kappa shape index (κ2) is 7.50. The first-order chi connectivity index (χ1) is 10.6. The van der Waals surface area contributed by atoms with Gasteiger partial charge in [-0.2, -0.15) is 0 Å². The summed E-state index contributed by atoms with van der Waals surface area (Å²) < 4.78 is 13.0. The molecule has 22 heavy (non-hydrogen) atoms. The Morgan fingerprint density at radius 3 is 2.41 bits per heavy atom. The zero-order chi connectivity index (χ0) is 15.9. The molecular formula is C18H18FNO2. The summed E-state index contributed by atoms with van der Waals surface area (Å²) in [5.74, 6) is -0.786. The van der Waals surface area contributed by atoms with Crippen LogP contribution in [0.3, 0.4) is 0 Å². The first kappa shape index (κ1) is 15.9. The van der Waals surface area contributed by atoms with Gasteiger partial charge in [-0.3, -0.25) is 9.59 Å². The van der Waals surface area contributed by atoms with Gasteiger partial charge in [-0.25, -0.2) is 4.39 Å². The van der Waals surface area contributed by atoms with Crippen LogP contribution in [-0.2, 0) is 11.2 Å². The van der Waals surface area contributed by atoms with Gasteiger partial charge >= 0.3 is 0 Å². The van der Waals surface area contributed by atoms with E-state index in [4.69, 9.17) is 0 Å². The molecule has 2 aromatic carbocycles. The summed E-state index contributed by atoms with van der Waals surface area (Å²) in [5.41, 5.74) is 2.17. The van der Waals surface area contributed by atoms with Crippen molar-refractivity contribution in [2.24, 2.45) is 0 Å². The Kier molecular flexibility index (Phi) is 5.42. The maximum absolute atomic E-state index is 13.0. The highest BCUT2D eigenvalue weighted by molar-refractivity contribution is 6.00. The minimum atomic E-state index is -0.412. The lowest BCUT2D eigenvalue weighted by Crippen LogP contribution is -2.13. The molecule has 3 nitrogen and oxygen atoms in total. The van der Waals surface area contributed by atoms with Crippen molar-refractivity contribution in [3.63, 3.8) is 0 Å². The normalized spacial score (nSPS) is 10.3. The summed E-state index contributed by atoms with van der Waals surface area (Å²) in [5, 5.41) is 2.58. The number of Topliss-reactive ketones (excluding diaryl/α,β-unsaturated/α-hetero) is 1. The number of rotatable bonds is 6. The molecule has 0 spiro atoms. The zero-order valence-electron chi connectivity index (χ0n) is 12.4. The zero-order valence-corrected chi connectivity index (χ0v) is 12.4. The van der Waals surface area contributed by atoms with E-state index in [0.717, 1.165) is 6.42 Å². The fraction of sp³-hybridized carbons (Fsp3) is 0.222. The number of nitrogens with one attached hydrogen (secondary N) is 1. The van der Waals surface area contributed by atoms with E-state index < -0.39 is 5.82 Å². The lowest BCUT2D eigenvalue weighted by atomic mass is 10.0. The van der Waals surface area contributed by atoms with Crippen molar-refractivity contribution in [1.29, 1.82) is 0 Å². The van der Waals surface area contributed by atoms with E-state index in [-0.39, 0.29) is 24.5 Å². The third-order valence-electron chi connectivity index (χ3n) is 3.37. The fourth-order valence-corrected chi connectivity index (χ4v) is 2.09. The van der Waals surface area contributed by atoms with E-state index >= 15 is 0 Å². The van der Waals surface area contributed by atoms with Crippen LogP contribution in [0, 0.1) is 5.82 Å². The predicted octanol–water partition coefficient (Wildman–Crippen LogP) is 3.99. The highest BCUT2D eigenvalue weighted by atomic mass is 19.1. The Hall–Kier alpha value is -2.49.